The van der Waals surface area contributed by atoms with Crippen LogP contribution < -0.4 is 4.74 Å². The Bertz CT molecular complexity index is 426. The number of esters is 1. The number of benzene rings is 1. The van der Waals surface area contributed by atoms with Crippen molar-refractivity contribution in [3.63, 3.8) is 0 Å². The van der Waals surface area contributed by atoms with E-state index < -0.39 is 11.9 Å². The predicted molar refractivity (Wildman–Crippen MR) is 67.5 cm³/mol. The Balaban J connectivity index is 2.66. The molecule has 0 aromatic heterocycles. The molecule has 0 aliphatic heterocycles. The molecule has 0 aliphatic rings. The molecule has 0 spiro atoms. The van der Waals surface area contributed by atoms with Gasteiger partial charge in [-0.15, -0.1) is 0 Å². The van der Waals surface area contributed by atoms with E-state index in [2.05, 4.69) is 4.74 Å². The Kier molecular flexibility index (Phi) is 5.36. The Morgan fingerprint density at radius 3 is 2.56 bits per heavy atom. The molecule has 0 aliphatic carbocycles. The number of carbonyl (C=O) groups excluding carboxylic acids is 2. The van der Waals surface area contributed by atoms with Gasteiger partial charge in [-0.1, -0.05) is 12.1 Å². The quantitative estimate of drug-likeness (QED) is 0.572. The lowest BCUT2D eigenvalue weighted by atomic mass is 9.96. The summed E-state index contributed by atoms with van der Waals surface area (Å²) >= 11 is 0. The van der Waals surface area contributed by atoms with E-state index in [0.29, 0.717) is 12.8 Å². The van der Waals surface area contributed by atoms with Crippen LogP contribution in [0.4, 0.5) is 0 Å². The highest BCUT2D eigenvalue weighted by molar-refractivity contribution is 5.97. The van der Waals surface area contributed by atoms with E-state index in [4.69, 9.17) is 4.74 Å². The number of methoxy groups -OCH3 is 2. The average molecular weight is 250 g/mol. The Hall–Kier alpha value is -1.84. The van der Waals surface area contributed by atoms with E-state index in [1.165, 1.54) is 14.0 Å². The standard InChI is InChI=1S/C14H18O4/c1-10(15)13(14(16)18-3)8-7-11-5-4-6-12(9-11)17-2/h4-6,9,13H,7-8H2,1-3H3. The number of carbonyl (C=O) groups is 2. The second kappa shape index (κ2) is 6.79. The third kappa shape index (κ3) is 3.87. The summed E-state index contributed by atoms with van der Waals surface area (Å²) in [6.45, 7) is 1.41. The van der Waals surface area contributed by atoms with E-state index in [1.54, 1.807) is 7.11 Å². The van der Waals surface area contributed by atoms with Crippen molar-refractivity contribution in [2.24, 2.45) is 5.92 Å². The van der Waals surface area contributed by atoms with E-state index in [0.717, 1.165) is 11.3 Å². The SMILES string of the molecule is COC(=O)C(CCc1cccc(OC)c1)C(C)=O. The summed E-state index contributed by atoms with van der Waals surface area (Å²) in [7, 11) is 2.90. The highest BCUT2D eigenvalue weighted by Crippen LogP contribution is 2.17. The topological polar surface area (TPSA) is 52.6 Å². The van der Waals surface area contributed by atoms with Crippen molar-refractivity contribution in [3.05, 3.63) is 29.8 Å². The molecule has 1 unspecified atom stereocenters. The Labute approximate surface area is 107 Å². The number of hydrogen-bond donors (Lipinski definition) is 0. The van der Waals surface area contributed by atoms with Gasteiger partial charge in [0.05, 0.1) is 14.2 Å². The molecule has 4 heteroatoms. The maximum atomic E-state index is 11.4. The zero-order valence-corrected chi connectivity index (χ0v) is 10.9. The van der Waals surface area contributed by atoms with Gasteiger partial charge in [0.2, 0.25) is 0 Å². The van der Waals surface area contributed by atoms with Crippen LogP contribution in [0.25, 0.3) is 0 Å². The first-order valence-corrected chi connectivity index (χ1v) is 5.79. The van der Waals surface area contributed by atoms with Gasteiger partial charge in [-0.3, -0.25) is 9.59 Å². The van der Waals surface area contributed by atoms with Crippen molar-refractivity contribution in [2.45, 2.75) is 19.8 Å². The molecule has 0 heterocycles. The van der Waals surface area contributed by atoms with E-state index in [9.17, 15) is 9.59 Å². The molecule has 1 atom stereocenters. The first-order chi connectivity index (χ1) is 8.58. The van der Waals surface area contributed by atoms with Gasteiger partial charge in [-0.25, -0.2) is 0 Å². The second-order valence-electron chi connectivity index (χ2n) is 4.08. The van der Waals surface area contributed by atoms with Crippen molar-refractivity contribution in [1.82, 2.24) is 0 Å². The smallest absolute Gasteiger partial charge is 0.316 e. The van der Waals surface area contributed by atoms with Gasteiger partial charge >= 0.3 is 5.97 Å². The summed E-state index contributed by atoms with van der Waals surface area (Å²) in [5.74, 6) is -0.540. The molecule has 0 bridgehead atoms. The van der Waals surface area contributed by atoms with Gasteiger partial charge in [0.15, 0.2) is 0 Å². The van der Waals surface area contributed by atoms with E-state index in [-0.39, 0.29) is 5.78 Å². The van der Waals surface area contributed by atoms with Crippen LogP contribution in [-0.2, 0) is 20.7 Å². The Morgan fingerprint density at radius 1 is 1.28 bits per heavy atom. The predicted octanol–water partition coefficient (Wildman–Crippen LogP) is 2.01. The van der Waals surface area contributed by atoms with Gasteiger partial charge in [0.25, 0.3) is 0 Å². The van der Waals surface area contributed by atoms with Crippen LogP contribution in [0.3, 0.4) is 0 Å². The minimum atomic E-state index is -0.679. The van der Waals surface area contributed by atoms with Crippen molar-refractivity contribution >= 4 is 11.8 Å². The van der Waals surface area contributed by atoms with Crippen molar-refractivity contribution < 1.29 is 19.1 Å². The Morgan fingerprint density at radius 2 is 2.00 bits per heavy atom. The maximum absolute atomic E-state index is 11.4. The average Bonchev–Trinajstić information content (AvgIpc) is 2.38. The molecule has 0 radical (unpaired) electrons. The molecular formula is C14H18O4. The molecule has 1 rings (SSSR count). The van der Waals surface area contributed by atoms with E-state index >= 15 is 0 Å². The normalized spacial score (nSPS) is 11.7. The number of Topliss-reactive ketones (excluding diaryl/α,β-unsaturated/α-hetero) is 1. The highest BCUT2D eigenvalue weighted by atomic mass is 16.5. The first kappa shape index (κ1) is 14.2. The summed E-state index contributed by atoms with van der Waals surface area (Å²) in [5.41, 5.74) is 1.03. The number of rotatable bonds is 6. The highest BCUT2D eigenvalue weighted by Gasteiger charge is 2.23. The van der Waals surface area contributed by atoms with Gasteiger partial charge < -0.3 is 9.47 Å². The van der Waals surface area contributed by atoms with Crippen LogP contribution in [0.5, 0.6) is 5.75 Å². The fourth-order valence-corrected chi connectivity index (χ4v) is 1.77. The van der Waals surface area contributed by atoms with Gasteiger partial charge in [0, 0.05) is 0 Å². The largest absolute Gasteiger partial charge is 0.497 e. The monoisotopic (exact) mass is 250 g/mol. The lowest BCUT2D eigenvalue weighted by molar-refractivity contribution is -0.149. The van der Waals surface area contributed by atoms with Crippen molar-refractivity contribution in [2.75, 3.05) is 14.2 Å². The third-order valence-electron chi connectivity index (χ3n) is 2.83. The molecule has 0 amide bonds. The maximum Gasteiger partial charge on any atom is 0.316 e. The van der Waals surface area contributed by atoms with Gasteiger partial charge in [-0.05, 0) is 37.5 Å². The summed E-state index contributed by atoms with van der Waals surface area (Å²) in [6, 6.07) is 7.58. The molecule has 1 aromatic carbocycles. The fraction of sp³-hybridized carbons (Fsp3) is 0.429. The summed E-state index contributed by atoms with van der Waals surface area (Å²) in [6.07, 6.45) is 1.09. The molecular weight excluding hydrogens is 232 g/mol. The van der Waals surface area contributed by atoms with Crippen LogP contribution >= 0.6 is 0 Å². The molecule has 1 aromatic rings. The molecule has 98 valence electrons. The van der Waals surface area contributed by atoms with Crippen molar-refractivity contribution in [1.29, 1.82) is 0 Å². The van der Waals surface area contributed by atoms with Crippen LogP contribution in [0.1, 0.15) is 18.9 Å². The second-order valence-corrected chi connectivity index (χ2v) is 4.08. The first-order valence-electron chi connectivity index (χ1n) is 5.79. The molecule has 0 N–H and O–H groups in total. The summed E-state index contributed by atoms with van der Waals surface area (Å²) in [5, 5.41) is 0. The number of hydrogen-bond acceptors (Lipinski definition) is 4. The summed E-state index contributed by atoms with van der Waals surface area (Å²) in [4.78, 5) is 22.8. The lowest BCUT2D eigenvalue weighted by Crippen LogP contribution is -2.23. The van der Waals surface area contributed by atoms with E-state index in [1.807, 2.05) is 24.3 Å². The lowest BCUT2D eigenvalue weighted by Gasteiger charge is -2.11. The summed E-state index contributed by atoms with van der Waals surface area (Å²) < 4.78 is 9.74. The molecule has 0 fully saturated rings. The number of aryl methyl sites for hydroxylation is 1. The molecule has 0 saturated carbocycles. The van der Waals surface area contributed by atoms with Crippen LogP contribution in [0.2, 0.25) is 0 Å². The minimum Gasteiger partial charge on any atom is -0.497 e. The van der Waals surface area contributed by atoms with Gasteiger partial charge in [-0.2, -0.15) is 0 Å². The minimum absolute atomic E-state index is 0.162. The fourth-order valence-electron chi connectivity index (χ4n) is 1.77. The molecule has 18 heavy (non-hydrogen) atoms. The van der Waals surface area contributed by atoms with Crippen LogP contribution in [0, 0.1) is 5.92 Å². The number of ketones is 1. The molecule has 4 nitrogen and oxygen atoms in total. The third-order valence-corrected chi connectivity index (χ3v) is 2.83. The zero-order valence-electron chi connectivity index (χ0n) is 10.9. The molecule has 0 saturated heterocycles. The zero-order chi connectivity index (χ0) is 13.5. The number of ether oxygens (including phenoxy) is 2. The van der Waals surface area contributed by atoms with Gasteiger partial charge in [0.1, 0.15) is 17.5 Å². The van der Waals surface area contributed by atoms with Crippen molar-refractivity contribution in [3.8, 4) is 5.75 Å². The van der Waals surface area contributed by atoms with Crippen LogP contribution in [0.15, 0.2) is 24.3 Å². The van der Waals surface area contributed by atoms with Crippen LogP contribution in [-0.4, -0.2) is 26.0 Å².